The minimum Gasteiger partial charge on any atom is -0.355 e. The van der Waals surface area contributed by atoms with Crippen molar-refractivity contribution in [1.82, 2.24) is 20.2 Å². The summed E-state index contributed by atoms with van der Waals surface area (Å²) in [7, 11) is 9.42. The Balaban J connectivity index is 4.08. The highest BCUT2D eigenvalue weighted by Crippen LogP contribution is 1.89. The van der Waals surface area contributed by atoms with Gasteiger partial charge in [-0.2, -0.15) is 0 Å². The maximum absolute atomic E-state index is 5.11. The first-order valence-corrected chi connectivity index (χ1v) is 4.61. The minimum absolute atomic E-state index is 0.587. The molecule has 0 atom stereocenters. The molecule has 0 aromatic carbocycles. The summed E-state index contributed by atoms with van der Waals surface area (Å²) in [5, 5.41) is 7.80. The second-order valence-electron chi connectivity index (χ2n) is 3.00. The first-order valence-electron chi connectivity index (χ1n) is 3.79. The van der Waals surface area contributed by atoms with Crippen LogP contribution >= 0.6 is 24.4 Å². The maximum Gasteiger partial charge on any atom is 0.189 e. The van der Waals surface area contributed by atoms with Crippen LogP contribution in [0.1, 0.15) is 0 Å². The van der Waals surface area contributed by atoms with E-state index in [0.29, 0.717) is 10.2 Å². The van der Waals surface area contributed by atoms with E-state index in [-0.39, 0.29) is 0 Å². The highest BCUT2D eigenvalue weighted by atomic mass is 32.1. The van der Waals surface area contributed by atoms with Gasteiger partial charge in [0.2, 0.25) is 0 Å². The number of nitrogens with one attached hydrogen (secondary N) is 1. The van der Waals surface area contributed by atoms with Gasteiger partial charge in [0.1, 0.15) is 0 Å². The van der Waals surface area contributed by atoms with Crippen molar-refractivity contribution in [3.63, 3.8) is 0 Å². The predicted octanol–water partition coefficient (Wildman–Crippen LogP) is 0.116. The molecule has 0 radical (unpaired) electrons. The van der Waals surface area contributed by atoms with Gasteiger partial charge in [-0.05, 0) is 24.4 Å². The van der Waals surface area contributed by atoms with Crippen molar-refractivity contribution in [3.8, 4) is 0 Å². The molecule has 0 spiro atoms. The van der Waals surface area contributed by atoms with Crippen molar-refractivity contribution in [1.29, 1.82) is 0 Å². The summed E-state index contributed by atoms with van der Waals surface area (Å²) in [5.41, 5.74) is 0. The fourth-order valence-electron chi connectivity index (χ4n) is 0.466. The van der Waals surface area contributed by atoms with E-state index >= 15 is 0 Å². The normalized spacial score (nSPS) is 9.69. The Bertz CT molecular complexity index is 203. The molecule has 0 aromatic heterocycles. The van der Waals surface area contributed by atoms with Gasteiger partial charge in [-0.15, -0.1) is 0 Å². The number of hydrogen-bond donors (Lipinski definition) is 1. The van der Waals surface area contributed by atoms with E-state index in [1.54, 1.807) is 9.91 Å². The third-order valence-electron chi connectivity index (χ3n) is 1.51. The zero-order valence-electron chi connectivity index (χ0n) is 8.66. The number of hydrogen-bond acceptors (Lipinski definition) is 3. The van der Waals surface area contributed by atoms with E-state index in [4.69, 9.17) is 24.4 Å². The Labute approximate surface area is 90.4 Å². The Morgan fingerprint density at radius 3 is 1.69 bits per heavy atom. The van der Waals surface area contributed by atoms with Crippen LogP contribution in [-0.2, 0) is 0 Å². The highest BCUT2D eigenvalue weighted by molar-refractivity contribution is 7.81. The van der Waals surface area contributed by atoms with E-state index in [1.807, 2.05) is 40.2 Å². The Hall–Kier alpha value is -0.460. The predicted molar refractivity (Wildman–Crippen MR) is 63.5 cm³/mol. The van der Waals surface area contributed by atoms with Gasteiger partial charge in [0, 0.05) is 35.2 Å². The van der Waals surface area contributed by atoms with E-state index in [1.165, 1.54) is 0 Å². The van der Waals surface area contributed by atoms with Gasteiger partial charge in [0.05, 0.1) is 0 Å². The quantitative estimate of drug-likeness (QED) is 0.497. The summed E-state index contributed by atoms with van der Waals surface area (Å²) in [5.74, 6) is 0. The average molecular weight is 220 g/mol. The van der Waals surface area contributed by atoms with Crippen LogP contribution in [0.5, 0.6) is 0 Å². The number of hydrazine groups is 1. The van der Waals surface area contributed by atoms with Gasteiger partial charge in [-0.1, -0.05) is 0 Å². The second kappa shape index (κ2) is 5.31. The third-order valence-corrected chi connectivity index (χ3v) is 2.35. The molecule has 0 aliphatic carbocycles. The number of thiocarbonyl (C=S) groups is 2. The van der Waals surface area contributed by atoms with Crippen molar-refractivity contribution >= 4 is 34.7 Å². The van der Waals surface area contributed by atoms with Crippen molar-refractivity contribution in [2.75, 3.05) is 35.2 Å². The molecule has 0 rings (SSSR count). The smallest absolute Gasteiger partial charge is 0.189 e. The van der Waals surface area contributed by atoms with E-state index in [9.17, 15) is 0 Å². The van der Waals surface area contributed by atoms with Gasteiger partial charge in [-0.25, -0.2) is 5.01 Å². The zero-order chi connectivity index (χ0) is 10.6. The zero-order valence-corrected chi connectivity index (χ0v) is 10.3. The fraction of sp³-hybridized carbons (Fsp3) is 0.714. The number of rotatable bonds is 1. The van der Waals surface area contributed by atoms with Crippen LogP contribution in [-0.4, -0.2) is 60.4 Å². The molecule has 0 aliphatic heterocycles. The summed E-state index contributed by atoms with van der Waals surface area (Å²) in [6.45, 7) is 0. The largest absolute Gasteiger partial charge is 0.355 e. The van der Waals surface area contributed by atoms with Crippen molar-refractivity contribution in [2.45, 2.75) is 0 Å². The monoisotopic (exact) mass is 220 g/mol. The van der Waals surface area contributed by atoms with Gasteiger partial charge in [-0.3, -0.25) is 5.01 Å². The van der Waals surface area contributed by atoms with Gasteiger partial charge >= 0.3 is 0 Å². The SMILES string of the molecule is CN(C)C(=S)NC(=S)N(C)N(C)C. The van der Waals surface area contributed by atoms with E-state index in [0.717, 1.165) is 0 Å². The van der Waals surface area contributed by atoms with Crippen molar-refractivity contribution in [2.24, 2.45) is 0 Å². The van der Waals surface area contributed by atoms with Crippen LogP contribution in [0.25, 0.3) is 0 Å². The lowest BCUT2D eigenvalue weighted by Gasteiger charge is -2.28. The van der Waals surface area contributed by atoms with Crippen LogP contribution < -0.4 is 5.32 Å². The van der Waals surface area contributed by atoms with Crippen molar-refractivity contribution < 1.29 is 0 Å². The fourth-order valence-corrected chi connectivity index (χ4v) is 0.887. The third kappa shape index (κ3) is 4.35. The summed E-state index contributed by atoms with van der Waals surface area (Å²) >= 11 is 10.1. The Kier molecular flexibility index (Phi) is 5.12. The summed E-state index contributed by atoms with van der Waals surface area (Å²) in [6, 6.07) is 0. The van der Waals surface area contributed by atoms with Gasteiger partial charge in [0.15, 0.2) is 10.2 Å². The van der Waals surface area contributed by atoms with E-state index < -0.39 is 0 Å². The lowest BCUT2D eigenvalue weighted by atomic mass is 10.8. The van der Waals surface area contributed by atoms with Crippen LogP contribution in [0, 0.1) is 0 Å². The molecule has 4 nitrogen and oxygen atoms in total. The molecule has 0 aromatic rings. The maximum atomic E-state index is 5.11. The molecule has 0 unspecified atom stereocenters. The van der Waals surface area contributed by atoms with E-state index in [2.05, 4.69) is 5.32 Å². The van der Waals surface area contributed by atoms with Gasteiger partial charge < -0.3 is 10.2 Å². The molecule has 0 saturated heterocycles. The Morgan fingerprint density at radius 1 is 0.923 bits per heavy atom. The molecule has 0 saturated carbocycles. The highest BCUT2D eigenvalue weighted by Gasteiger charge is 2.08. The molecule has 6 heteroatoms. The number of nitrogens with zero attached hydrogens (tertiary/aromatic N) is 3. The summed E-state index contributed by atoms with van der Waals surface area (Å²) in [4.78, 5) is 1.80. The van der Waals surface area contributed by atoms with Gasteiger partial charge in [0.25, 0.3) is 0 Å². The molecular weight excluding hydrogens is 204 g/mol. The van der Waals surface area contributed by atoms with Crippen LogP contribution in [0.3, 0.4) is 0 Å². The molecule has 0 aliphatic rings. The standard InChI is InChI=1S/C7H16N4S2/c1-9(2)6(12)8-7(13)11(5)10(3)4/h1-5H3,(H,8,12,13). The first-order chi connectivity index (χ1) is 5.86. The Morgan fingerprint density at radius 2 is 1.38 bits per heavy atom. The van der Waals surface area contributed by atoms with Crippen LogP contribution in [0.2, 0.25) is 0 Å². The van der Waals surface area contributed by atoms with Crippen LogP contribution in [0.4, 0.5) is 0 Å². The summed E-state index contributed by atoms with van der Waals surface area (Å²) < 4.78 is 0. The lowest BCUT2D eigenvalue weighted by molar-refractivity contribution is 0.144. The topological polar surface area (TPSA) is 21.8 Å². The minimum atomic E-state index is 0.587. The lowest BCUT2D eigenvalue weighted by Crippen LogP contribution is -2.49. The molecule has 76 valence electrons. The average Bonchev–Trinajstić information content (AvgIpc) is 2.02. The van der Waals surface area contributed by atoms with Crippen molar-refractivity contribution in [3.05, 3.63) is 0 Å². The molecule has 0 amide bonds. The molecule has 0 bridgehead atoms. The molecule has 13 heavy (non-hydrogen) atoms. The summed E-state index contributed by atoms with van der Waals surface area (Å²) in [6.07, 6.45) is 0. The van der Waals surface area contributed by atoms with Crippen LogP contribution in [0.15, 0.2) is 0 Å². The molecule has 0 heterocycles. The second-order valence-corrected chi connectivity index (χ2v) is 3.77. The molecule has 1 N–H and O–H groups in total. The molecular formula is C7H16N4S2. The molecule has 0 fully saturated rings. The first kappa shape index (κ1) is 12.5.